The molecule has 0 unspecified atom stereocenters. The summed E-state index contributed by atoms with van der Waals surface area (Å²) in [4.78, 5) is 13.2. The molecule has 0 aromatic heterocycles. The van der Waals surface area contributed by atoms with Crippen molar-refractivity contribution in [1.82, 2.24) is 9.62 Å². The minimum atomic E-state index is -3.93. The van der Waals surface area contributed by atoms with E-state index in [4.69, 9.17) is 11.6 Å². The molecule has 0 aliphatic heterocycles. The summed E-state index contributed by atoms with van der Waals surface area (Å²) in [5.41, 5.74) is 6.00. The molecule has 0 saturated heterocycles. The Hall–Kier alpha value is -2.67. The van der Waals surface area contributed by atoms with Gasteiger partial charge in [-0.2, -0.15) is 4.31 Å². The van der Waals surface area contributed by atoms with Crippen LogP contribution in [0.1, 0.15) is 46.3 Å². The lowest BCUT2D eigenvalue weighted by molar-refractivity contribution is -0.122. The Morgan fingerprint density at radius 3 is 2.21 bits per heavy atom. The third kappa shape index (κ3) is 6.06. The van der Waals surface area contributed by atoms with E-state index in [0.717, 1.165) is 22.3 Å². The van der Waals surface area contributed by atoms with Crippen molar-refractivity contribution in [3.05, 3.63) is 99.1 Å². The lowest BCUT2D eigenvalue weighted by Crippen LogP contribution is -2.41. The summed E-state index contributed by atoms with van der Waals surface area (Å²) in [6, 6.07) is 17.5. The largest absolute Gasteiger partial charge is 0.348 e. The maximum absolute atomic E-state index is 13.5. The maximum Gasteiger partial charge on any atom is 0.243 e. The molecule has 5 nitrogen and oxygen atoms in total. The van der Waals surface area contributed by atoms with Gasteiger partial charge < -0.3 is 5.32 Å². The zero-order chi connectivity index (χ0) is 25.0. The number of hydrogen-bond acceptors (Lipinski definition) is 3. The SMILES string of the molecule is Cc1ccc(S(=O)(=O)N(CC(=O)N[C@H](C)c2cc(C)c(C)cc2C)Cc2ccccc2Cl)cc1. The van der Waals surface area contributed by atoms with E-state index in [0.29, 0.717) is 10.6 Å². The number of sulfonamides is 1. The fraction of sp³-hybridized carbons (Fsp3) is 0.296. The Bertz CT molecular complexity index is 1290. The Labute approximate surface area is 207 Å². The van der Waals surface area contributed by atoms with E-state index in [2.05, 4.69) is 24.4 Å². The van der Waals surface area contributed by atoms with Crippen molar-refractivity contribution in [2.75, 3.05) is 6.54 Å². The van der Waals surface area contributed by atoms with Gasteiger partial charge in [0.1, 0.15) is 0 Å². The molecule has 3 rings (SSSR count). The van der Waals surface area contributed by atoms with Gasteiger partial charge in [-0.05, 0) is 80.6 Å². The van der Waals surface area contributed by atoms with Gasteiger partial charge in [0, 0.05) is 11.6 Å². The van der Waals surface area contributed by atoms with Crippen LogP contribution in [0.15, 0.2) is 65.6 Å². The van der Waals surface area contributed by atoms with Crippen LogP contribution in [0.2, 0.25) is 5.02 Å². The topological polar surface area (TPSA) is 66.5 Å². The second kappa shape index (κ2) is 10.7. The number of carbonyl (C=O) groups is 1. The zero-order valence-corrected chi connectivity index (χ0v) is 21.8. The maximum atomic E-state index is 13.5. The average Bonchev–Trinajstić information content (AvgIpc) is 2.77. The van der Waals surface area contributed by atoms with Crippen molar-refractivity contribution in [2.45, 2.75) is 52.1 Å². The number of nitrogens with zero attached hydrogens (tertiary/aromatic N) is 1. The molecule has 34 heavy (non-hydrogen) atoms. The molecule has 1 atom stereocenters. The van der Waals surface area contributed by atoms with Gasteiger partial charge in [0.05, 0.1) is 17.5 Å². The molecular weight excluding hydrogens is 468 g/mol. The molecule has 0 heterocycles. The highest BCUT2D eigenvalue weighted by atomic mass is 35.5. The minimum absolute atomic E-state index is 0.0135. The lowest BCUT2D eigenvalue weighted by atomic mass is 9.96. The quantitative estimate of drug-likeness (QED) is 0.437. The summed E-state index contributed by atoms with van der Waals surface area (Å²) in [6.07, 6.45) is 0. The number of benzene rings is 3. The van der Waals surface area contributed by atoms with E-state index < -0.39 is 10.0 Å². The number of carbonyl (C=O) groups excluding carboxylic acids is 1. The van der Waals surface area contributed by atoms with E-state index in [1.165, 1.54) is 9.87 Å². The van der Waals surface area contributed by atoms with E-state index in [1.807, 2.05) is 27.7 Å². The van der Waals surface area contributed by atoms with E-state index >= 15 is 0 Å². The molecular formula is C27H31ClN2O3S. The number of amides is 1. The molecule has 1 amide bonds. The van der Waals surface area contributed by atoms with Gasteiger partial charge in [-0.3, -0.25) is 4.79 Å². The first-order valence-corrected chi connectivity index (χ1v) is 13.0. The lowest BCUT2D eigenvalue weighted by Gasteiger charge is -2.24. The first-order valence-electron chi connectivity index (χ1n) is 11.2. The van der Waals surface area contributed by atoms with Gasteiger partial charge in [-0.15, -0.1) is 0 Å². The standard InChI is InChI=1S/C27H31ClN2O3S/c1-18-10-12-24(13-11-18)34(32,33)30(16-23-8-6-7-9-26(23)28)17-27(31)29-22(5)25-15-20(3)19(2)14-21(25)4/h6-15,22H,16-17H2,1-5H3,(H,29,31)/t22-/m1/s1. The third-order valence-electron chi connectivity index (χ3n) is 6.01. The summed E-state index contributed by atoms with van der Waals surface area (Å²) in [5, 5.41) is 3.42. The first-order chi connectivity index (χ1) is 16.0. The van der Waals surface area contributed by atoms with Crippen LogP contribution in [-0.4, -0.2) is 25.2 Å². The molecule has 0 fully saturated rings. The van der Waals surface area contributed by atoms with Crippen molar-refractivity contribution >= 4 is 27.5 Å². The fourth-order valence-corrected chi connectivity index (χ4v) is 5.45. The molecule has 0 aliphatic rings. The van der Waals surface area contributed by atoms with Crippen molar-refractivity contribution < 1.29 is 13.2 Å². The van der Waals surface area contributed by atoms with Crippen molar-refractivity contribution in [2.24, 2.45) is 0 Å². The highest BCUT2D eigenvalue weighted by molar-refractivity contribution is 7.89. The van der Waals surface area contributed by atoms with Crippen LogP contribution in [0, 0.1) is 27.7 Å². The molecule has 180 valence electrons. The summed E-state index contributed by atoms with van der Waals surface area (Å²) in [7, 11) is -3.93. The van der Waals surface area contributed by atoms with Crippen molar-refractivity contribution in [1.29, 1.82) is 0 Å². The highest BCUT2D eigenvalue weighted by Crippen LogP contribution is 2.24. The Kier molecular flexibility index (Phi) is 8.18. The molecule has 0 saturated carbocycles. The Morgan fingerprint density at radius 1 is 0.941 bits per heavy atom. The monoisotopic (exact) mass is 498 g/mol. The summed E-state index contributed by atoms with van der Waals surface area (Å²) in [5.74, 6) is -0.382. The van der Waals surface area contributed by atoms with E-state index in [1.54, 1.807) is 48.5 Å². The normalized spacial score (nSPS) is 12.6. The van der Waals surface area contributed by atoms with Crippen LogP contribution in [0.5, 0.6) is 0 Å². The smallest absolute Gasteiger partial charge is 0.243 e. The predicted octanol–water partition coefficient (Wildman–Crippen LogP) is 5.64. The van der Waals surface area contributed by atoms with Gasteiger partial charge in [0.15, 0.2) is 0 Å². The molecule has 3 aromatic carbocycles. The molecule has 7 heteroatoms. The Balaban J connectivity index is 1.87. The molecule has 0 bridgehead atoms. The number of aryl methyl sites for hydroxylation is 4. The second-order valence-electron chi connectivity index (χ2n) is 8.76. The zero-order valence-electron chi connectivity index (χ0n) is 20.2. The molecule has 0 spiro atoms. The molecule has 0 radical (unpaired) electrons. The van der Waals surface area contributed by atoms with Gasteiger partial charge in [0.25, 0.3) is 0 Å². The van der Waals surface area contributed by atoms with Crippen molar-refractivity contribution in [3.63, 3.8) is 0 Å². The number of halogens is 1. The van der Waals surface area contributed by atoms with E-state index in [-0.39, 0.29) is 29.9 Å². The van der Waals surface area contributed by atoms with Crippen molar-refractivity contribution in [3.8, 4) is 0 Å². The van der Waals surface area contributed by atoms with E-state index in [9.17, 15) is 13.2 Å². The molecule has 3 aromatic rings. The van der Waals surface area contributed by atoms with Crippen LogP contribution in [0.25, 0.3) is 0 Å². The van der Waals surface area contributed by atoms with Gasteiger partial charge in [-0.1, -0.05) is 59.6 Å². The second-order valence-corrected chi connectivity index (χ2v) is 11.1. The summed E-state index contributed by atoms with van der Waals surface area (Å²) >= 11 is 6.31. The van der Waals surface area contributed by atoms with Crippen LogP contribution >= 0.6 is 11.6 Å². The van der Waals surface area contributed by atoms with Crippen LogP contribution < -0.4 is 5.32 Å². The third-order valence-corrected chi connectivity index (χ3v) is 8.18. The first kappa shape index (κ1) is 25.9. The number of hydrogen-bond donors (Lipinski definition) is 1. The molecule has 1 N–H and O–H groups in total. The number of rotatable bonds is 8. The van der Waals surface area contributed by atoms with Crippen LogP contribution in [0.3, 0.4) is 0 Å². The summed E-state index contributed by atoms with van der Waals surface area (Å²) in [6.45, 7) is 9.56. The molecule has 0 aliphatic carbocycles. The average molecular weight is 499 g/mol. The van der Waals surface area contributed by atoms with Crippen LogP contribution in [-0.2, 0) is 21.4 Å². The van der Waals surface area contributed by atoms with Crippen LogP contribution in [0.4, 0.5) is 0 Å². The van der Waals surface area contributed by atoms with Gasteiger partial charge in [0.2, 0.25) is 15.9 Å². The fourth-order valence-electron chi connectivity index (χ4n) is 3.88. The summed E-state index contributed by atoms with van der Waals surface area (Å²) < 4.78 is 28.2. The highest BCUT2D eigenvalue weighted by Gasteiger charge is 2.28. The number of nitrogens with one attached hydrogen (secondary N) is 1. The Morgan fingerprint density at radius 2 is 1.56 bits per heavy atom. The van der Waals surface area contributed by atoms with Gasteiger partial charge >= 0.3 is 0 Å². The minimum Gasteiger partial charge on any atom is -0.348 e. The van der Waals surface area contributed by atoms with Gasteiger partial charge in [-0.25, -0.2) is 8.42 Å². The predicted molar refractivity (Wildman–Crippen MR) is 137 cm³/mol.